The van der Waals surface area contributed by atoms with Crippen molar-refractivity contribution in [2.24, 2.45) is 5.92 Å². The lowest BCUT2D eigenvalue weighted by Gasteiger charge is -2.49. The van der Waals surface area contributed by atoms with Gasteiger partial charge in [-0.2, -0.15) is 0 Å². The second-order valence-electron chi connectivity index (χ2n) is 10.2. The minimum Gasteiger partial charge on any atom is -0.274 e. The molecule has 0 N–H and O–H groups in total. The number of rotatable bonds is 5. The van der Waals surface area contributed by atoms with E-state index in [-0.39, 0.29) is 22.6 Å². The van der Waals surface area contributed by atoms with E-state index < -0.39 is 34.1 Å². The summed E-state index contributed by atoms with van der Waals surface area (Å²) < 4.78 is 29.3. The number of carbonyl (C=O) groups excluding carboxylic acids is 2. The minimum absolute atomic E-state index is 0.0432. The highest BCUT2D eigenvalue weighted by molar-refractivity contribution is 7.89. The molecule has 1 aliphatic heterocycles. The summed E-state index contributed by atoms with van der Waals surface area (Å²) >= 11 is 0. The van der Waals surface area contributed by atoms with Crippen LogP contribution in [0.1, 0.15) is 53.0 Å². The van der Waals surface area contributed by atoms with Gasteiger partial charge in [0.2, 0.25) is 5.91 Å². The summed E-state index contributed by atoms with van der Waals surface area (Å²) in [5.41, 5.74) is 5.03. The molecule has 1 heterocycles. The van der Waals surface area contributed by atoms with Crippen LogP contribution in [-0.2, 0) is 14.8 Å². The van der Waals surface area contributed by atoms with E-state index in [2.05, 4.69) is 6.58 Å². The smallest absolute Gasteiger partial charge is 0.274 e. The lowest BCUT2D eigenvalue weighted by molar-refractivity contribution is -0.133. The van der Waals surface area contributed by atoms with Crippen molar-refractivity contribution in [1.82, 2.24) is 9.21 Å². The molecule has 3 aromatic carbocycles. The van der Waals surface area contributed by atoms with Gasteiger partial charge in [0.25, 0.3) is 10.0 Å². The molecule has 0 unspecified atom stereocenters. The van der Waals surface area contributed by atoms with Gasteiger partial charge in [0.15, 0.2) is 0 Å². The number of aryl methyl sites for hydroxylation is 1. The molecular formula is C30H28N2O4S. The van der Waals surface area contributed by atoms with E-state index in [1.807, 2.05) is 55.5 Å². The zero-order chi connectivity index (χ0) is 26.1. The summed E-state index contributed by atoms with van der Waals surface area (Å²) in [5, 5.41) is 0. The average Bonchev–Trinajstić information content (AvgIpc) is 3.21. The van der Waals surface area contributed by atoms with Crippen molar-refractivity contribution in [2.75, 3.05) is 0 Å². The highest BCUT2D eigenvalue weighted by atomic mass is 32.2. The molecule has 3 amide bonds. The molecule has 188 valence electrons. The standard InChI is InChI=1S/C30H28N2O4S/c1-4-9-19(3)29(33)31-27-25-21-10-5-7-12-23(21)26(24-13-8-6-11-22(24)25)28(27)32(30(31)34)37(35,36)20-16-14-18(2)15-17-20/h4-8,10-17,19,25-28H,1,9H2,2-3H3/t19-,25?,26?,27-,28+/m1/s1. The van der Waals surface area contributed by atoms with Crippen LogP contribution in [0, 0.1) is 12.8 Å². The minimum atomic E-state index is -4.24. The third kappa shape index (κ3) is 3.26. The number of benzene rings is 3. The molecule has 0 radical (unpaired) electrons. The monoisotopic (exact) mass is 512 g/mol. The van der Waals surface area contributed by atoms with Gasteiger partial charge in [-0.05, 0) is 47.7 Å². The molecule has 3 aromatic rings. The number of nitrogens with zero attached hydrogens (tertiary/aromatic N) is 2. The molecule has 0 aromatic heterocycles. The molecule has 7 heteroatoms. The summed E-state index contributed by atoms with van der Waals surface area (Å²) in [5.74, 6) is -1.57. The fourth-order valence-electron chi connectivity index (χ4n) is 6.47. The van der Waals surface area contributed by atoms with Crippen LogP contribution in [0.3, 0.4) is 0 Å². The van der Waals surface area contributed by atoms with E-state index in [9.17, 15) is 18.0 Å². The second-order valence-corrected chi connectivity index (χ2v) is 12.0. The number of hydrogen-bond donors (Lipinski definition) is 0. The van der Waals surface area contributed by atoms with Gasteiger partial charge in [-0.1, -0.05) is 79.2 Å². The first kappa shape index (κ1) is 23.7. The Morgan fingerprint density at radius 3 is 1.86 bits per heavy atom. The number of sulfonamides is 1. The van der Waals surface area contributed by atoms with Crippen molar-refractivity contribution in [3.8, 4) is 0 Å². The number of amides is 3. The SMILES string of the molecule is C=CC[C@@H](C)C(=O)N1C(=O)N(S(=O)(=O)c2ccc(C)cc2)[C@H]2C3c4ccccc4C(c4ccccc43)[C@H]21. The van der Waals surface area contributed by atoms with Crippen LogP contribution in [0.25, 0.3) is 0 Å². The highest BCUT2D eigenvalue weighted by Crippen LogP contribution is 2.58. The van der Waals surface area contributed by atoms with Gasteiger partial charge in [-0.3, -0.25) is 9.69 Å². The maximum Gasteiger partial charge on any atom is 0.341 e. The average molecular weight is 513 g/mol. The van der Waals surface area contributed by atoms with E-state index in [1.54, 1.807) is 25.1 Å². The lowest BCUT2D eigenvalue weighted by Crippen LogP contribution is -2.55. The van der Waals surface area contributed by atoms with Gasteiger partial charge in [-0.15, -0.1) is 6.58 Å². The third-order valence-electron chi connectivity index (χ3n) is 8.09. The first-order valence-electron chi connectivity index (χ1n) is 12.5. The number of imide groups is 1. The van der Waals surface area contributed by atoms with E-state index in [0.29, 0.717) is 6.42 Å². The first-order valence-corrected chi connectivity index (χ1v) is 14.0. The predicted octanol–water partition coefficient (Wildman–Crippen LogP) is 5.19. The van der Waals surface area contributed by atoms with Crippen LogP contribution in [0.4, 0.5) is 4.79 Å². The van der Waals surface area contributed by atoms with E-state index >= 15 is 0 Å². The molecule has 2 bridgehead atoms. The zero-order valence-electron chi connectivity index (χ0n) is 20.7. The normalized spacial score (nSPS) is 24.3. The molecule has 7 rings (SSSR count). The first-order chi connectivity index (χ1) is 17.8. The van der Waals surface area contributed by atoms with E-state index in [0.717, 1.165) is 32.1 Å². The van der Waals surface area contributed by atoms with Crippen LogP contribution < -0.4 is 0 Å². The van der Waals surface area contributed by atoms with Crippen molar-refractivity contribution in [1.29, 1.82) is 0 Å². The van der Waals surface area contributed by atoms with Crippen molar-refractivity contribution in [2.45, 2.75) is 49.1 Å². The van der Waals surface area contributed by atoms with Crippen molar-refractivity contribution >= 4 is 22.0 Å². The second kappa shape index (κ2) is 8.42. The van der Waals surface area contributed by atoms with Crippen LogP contribution in [0.15, 0.2) is 90.3 Å². The van der Waals surface area contributed by atoms with Crippen molar-refractivity contribution in [3.63, 3.8) is 0 Å². The molecule has 4 aliphatic rings. The Balaban J connectivity index is 1.60. The number of allylic oxidation sites excluding steroid dienone is 1. The Morgan fingerprint density at radius 2 is 1.38 bits per heavy atom. The van der Waals surface area contributed by atoms with Gasteiger partial charge in [0.05, 0.1) is 17.0 Å². The summed E-state index contributed by atoms with van der Waals surface area (Å²) in [4.78, 5) is 29.2. The molecule has 37 heavy (non-hydrogen) atoms. The van der Waals surface area contributed by atoms with Gasteiger partial charge < -0.3 is 0 Å². The molecule has 0 saturated carbocycles. The number of urea groups is 1. The van der Waals surface area contributed by atoms with Gasteiger partial charge in [-0.25, -0.2) is 17.5 Å². The summed E-state index contributed by atoms with van der Waals surface area (Å²) in [7, 11) is -4.24. The molecule has 1 fully saturated rings. The fraction of sp³-hybridized carbons (Fsp3) is 0.267. The molecule has 3 aliphatic carbocycles. The van der Waals surface area contributed by atoms with Crippen molar-refractivity contribution < 1.29 is 18.0 Å². The van der Waals surface area contributed by atoms with E-state index in [4.69, 9.17) is 0 Å². The Labute approximate surface area is 217 Å². The summed E-state index contributed by atoms with van der Waals surface area (Å²) in [6.07, 6.45) is 2.05. The maximum atomic E-state index is 14.2. The van der Waals surface area contributed by atoms with Crippen molar-refractivity contribution in [3.05, 3.63) is 113 Å². The quantitative estimate of drug-likeness (QED) is 0.441. The van der Waals surface area contributed by atoms with Crippen LogP contribution in [0.5, 0.6) is 0 Å². The Bertz CT molecular complexity index is 1500. The number of hydrogen-bond acceptors (Lipinski definition) is 4. The van der Waals surface area contributed by atoms with Gasteiger partial charge in [0.1, 0.15) is 0 Å². The van der Waals surface area contributed by atoms with E-state index in [1.165, 1.54) is 17.0 Å². The maximum absolute atomic E-state index is 14.2. The van der Waals surface area contributed by atoms with Crippen LogP contribution in [0.2, 0.25) is 0 Å². The highest BCUT2D eigenvalue weighted by Gasteiger charge is 2.64. The van der Waals surface area contributed by atoms with Crippen LogP contribution >= 0.6 is 0 Å². The Hall–Kier alpha value is -3.71. The molecule has 6 nitrogen and oxygen atoms in total. The predicted molar refractivity (Wildman–Crippen MR) is 141 cm³/mol. The number of carbonyl (C=O) groups is 2. The zero-order valence-corrected chi connectivity index (χ0v) is 21.6. The molecule has 3 atom stereocenters. The largest absolute Gasteiger partial charge is 0.341 e. The molecule has 1 saturated heterocycles. The topological polar surface area (TPSA) is 74.8 Å². The Morgan fingerprint density at radius 1 is 0.892 bits per heavy atom. The van der Waals surface area contributed by atoms with Gasteiger partial charge in [0, 0.05) is 17.8 Å². The third-order valence-corrected chi connectivity index (χ3v) is 9.87. The lowest BCUT2D eigenvalue weighted by atomic mass is 9.59. The van der Waals surface area contributed by atoms with Crippen LogP contribution in [-0.4, -0.2) is 41.6 Å². The fourth-order valence-corrected chi connectivity index (χ4v) is 8.04. The Kier molecular flexibility index (Phi) is 5.38. The van der Waals surface area contributed by atoms with Gasteiger partial charge >= 0.3 is 6.03 Å². The molecule has 0 spiro atoms. The molecular weight excluding hydrogens is 484 g/mol. The summed E-state index contributed by atoms with van der Waals surface area (Å²) in [6.45, 7) is 7.38. The summed E-state index contributed by atoms with van der Waals surface area (Å²) in [6, 6.07) is 20.3.